The second-order valence-electron chi connectivity index (χ2n) is 2.40. The maximum atomic E-state index is 5.30. The van der Waals surface area contributed by atoms with E-state index >= 15 is 0 Å². The van der Waals surface area contributed by atoms with Crippen LogP contribution >= 0.6 is 11.6 Å². The fourth-order valence-electron chi connectivity index (χ4n) is 0.487. The van der Waals surface area contributed by atoms with E-state index in [1.807, 2.05) is 0 Å². The quantitative estimate of drug-likeness (QED) is 0.546. The van der Waals surface area contributed by atoms with E-state index in [0.717, 1.165) is 12.3 Å². The molecule has 0 rings (SSSR count). The molecule has 0 amide bonds. The highest BCUT2D eigenvalue weighted by molar-refractivity contribution is 6.17. The number of hydrogen-bond donors (Lipinski definition) is 0. The monoisotopic (exact) mass is 164 g/mol. The highest BCUT2D eigenvalue weighted by Gasteiger charge is 1.70. The molecule has 0 aliphatic heterocycles. The molecular weight excluding hydrogens is 144 g/mol. The molecule has 0 spiro atoms. The molecule has 0 aromatic heterocycles. The van der Waals surface area contributed by atoms with Gasteiger partial charge in [0.2, 0.25) is 0 Å². The molecule has 64 valence electrons. The Morgan fingerprint density at radius 3 is 1.20 bits per heavy atom. The van der Waals surface area contributed by atoms with E-state index in [0.29, 0.717) is 0 Å². The lowest BCUT2D eigenvalue weighted by atomic mass is 10.3. The summed E-state index contributed by atoms with van der Waals surface area (Å²) in [5.41, 5.74) is 0. The van der Waals surface area contributed by atoms with Crippen LogP contribution in [0, 0.1) is 0 Å². The normalized spacial score (nSPS) is 8.40. The van der Waals surface area contributed by atoms with Gasteiger partial charge in [-0.3, -0.25) is 0 Å². The van der Waals surface area contributed by atoms with Crippen LogP contribution in [-0.2, 0) is 0 Å². The van der Waals surface area contributed by atoms with Crippen molar-refractivity contribution in [3.05, 3.63) is 0 Å². The van der Waals surface area contributed by atoms with Gasteiger partial charge in [0.05, 0.1) is 0 Å². The molecule has 0 unspecified atom stereocenters. The first-order valence-electron chi connectivity index (χ1n) is 4.39. The number of alkyl halides is 1. The van der Waals surface area contributed by atoms with E-state index in [4.69, 9.17) is 11.6 Å². The summed E-state index contributed by atoms with van der Waals surface area (Å²) in [7, 11) is 0. The van der Waals surface area contributed by atoms with Crippen molar-refractivity contribution in [2.45, 2.75) is 52.9 Å². The molecule has 0 aromatic carbocycles. The standard InChI is InChI=1S/C5H12.C4H9Cl/c1-3-5-4-2;1-2-3-4-5/h3-5H2,1-2H3;2-4H2,1H3. The maximum Gasteiger partial charge on any atom is 0.0223 e. The van der Waals surface area contributed by atoms with E-state index in [2.05, 4.69) is 20.8 Å². The average molecular weight is 165 g/mol. The van der Waals surface area contributed by atoms with Crippen LogP contribution in [-0.4, -0.2) is 5.88 Å². The largest absolute Gasteiger partial charge is 0.127 e. The van der Waals surface area contributed by atoms with Gasteiger partial charge in [-0.05, 0) is 6.42 Å². The minimum atomic E-state index is 0.816. The minimum Gasteiger partial charge on any atom is -0.127 e. The van der Waals surface area contributed by atoms with Crippen molar-refractivity contribution >= 4 is 11.6 Å². The van der Waals surface area contributed by atoms with Crippen molar-refractivity contribution in [2.24, 2.45) is 0 Å². The first kappa shape index (κ1) is 12.9. The molecule has 0 N–H and O–H groups in total. The van der Waals surface area contributed by atoms with Crippen LogP contribution in [0.25, 0.3) is 0 Å². The van der Waals surface area contributed by atoms with Crippen molar-refractivity contribution in [1.82, 2.24) is 0 Å². The topological polar surface area (TPSA) is 0 Å². The molecule has 0 heterocycles. The minimum absolute atomic E-state index is 0.816. The van der Waals surface area contributed by atoms with Crippen LogP contribution in [0.5, 0.6) is 0 Å². The van der Waals surface area contributed by atoms with Gasteiger partial charge < -0.3 is 0 Å². The van der Waals surface area contributed by atoms with E-state index in [1.54, 1.807) is 0 Å². The van der Waals surface area contributed by atoms with Gasteiger partial charge in [-0.2, -0.15) is 0 Å². The van der Waals surface area contributed by atoms with Gasteiger partial charge in [0.25, 0.3) is 0 Å². The second-order valence-corrected chi connectivity index (χ2v) is 2.77. The third-order valence-electron chi connectivity index (χ3n) is 1.19. The molecule has 0 atom stereocenters. The van der Waals surface area contributed by atoms with Gasteiger partial charge in [0.1, 0.15) is 0 Å². The Kier molecular flexibility index (Phi) is 20.9. The summed E-state index contributed by atoms with van der Waals surface area (Å²) in [5.74, 6) is 0.816. The van der Waals surface area contributed by atoms with Crippen molar-refractivity contribution in [3.8, 4) is 0 Å². The van der Waals surface area contributed by atoms with Crippen molar-refractivity contribution in [3.63, 3.8) is 0 Å². The van der Waals surface area contributed by atoms with Gasteiger partial charge in [0, 0.05) is 5.88 Å². The SMILES string of the molecule is CCCCC.CCCCCl. The summed E-state index contributed by atoms with van der Waals surface area (Å²) in [6, 6.07) is 0. The van der Waals surface area contributed by atoms with Crippen LogP contribution in [0.2, 0.25) is 0 Å². The molecular formula is C9H21Cl. The lowest BCUT2D eigenvalue weighted by molar-refractivity contribution is 0.772. The van der Waals surface area contributed by atoms with Crippen LogP contribution in [0.3, 0.4) is 0 Å². The average Bonchev–Trinajstić information content (AvgIpc) is 1.93. The lowest BCUT2D eigenvalue weighted by Crippen LogP contribution is -1.65. The zero-order valence-corrected chi connectivity index (χ0v) is 8.38. The zero-order valence-electron chi connectivity index (χ0n) is 7.62. The van der Waals surface area contributed by atoms with E-state index in [1.165, 1.54) is 25.7 Å². The van der Waals surface area contributed by atoms with Gasteiger partial charge >= 0.3 is 0 Å². The first-order valence-corrected chi connectivity index (χ1v) is 4.92. The summed E-state index contributed by atoms with van der Waals surface area (Å²) in [5, 5.41) is 0. The van der Waals surface area contributed by atoms with Crippen molar-refractivity contribution in [1.29, 1.82) is 0 Å². The molecule has 0 aliphatic rings. The molecule has 10 heavy (non-hydrogen) atoms. The van der Waals surface area contributed by atoms with Crippen LogP contribution < -0.4 is 0 Å². The van der Waals surface area contributed by atoms with Crippen LogP contribution in [0.4, 0.5) is 0 Å². The van der Waals surface area contributed by atoms with Crippen molar-refractivity contribution < 1.29 is 0 Å². The molecule has 0 fully saturated rings. The van der Waals surface area contributed by atoms with Gasteiger partial charge in [-0.1, -0.05) is 46.5 Å². The van der Waals surface area contributed by atoms with Gasteiger partial charge in [-0.15, -0.1) is 11.6 Å². The number of rotatable bonds is 4. The third kappa shape index (κ3) is 23.9. The fraction of sp³-hybridized carbons (Fsp3) is 1.00. The van der Waals surface area contributed by atoms with Gasteiger partial charge in [-0.25, -0.2) is 0 Å². The third-order valence-corrected chi connectivity index (χ3v) is 1.46. The van der Waals surface area contributed by atoms with E-state index in [9.17, 15) is 0 Å². The summed E-state index contributed by atoms with van der Waals surface area (Å²) >= 11 is 5.30. The smallest absolute Gasteiger partial charge is 0.0223 e. The molecule has 0 saturated carbocycles. The summed E-state index contributed by atoms with van der Waals surface area (Å²) < 4.78 is 0. The number of unbranched alkanes of at least 4 members (excludes halogenated alkanes) is 3. The Balaban J connectivity index is 0. The van der Waals surface area contributed by atoms with Crippen LogP contribution in [0.15, 0.2) is 0 Å². The Bertz CT molecular complexity index is 25.7. The van der Waals surface area contributed by atoms with Gasteiger partial charge in [0.15, 0.2) is 0 Å². The van der Waals surface area contributed by atoms with Crippen LogP contribution in [0.1, 0.15) is 52.9 Å². The Morgan fingerprint density at radius 1 is 0.800 bits per heavy atom. The summed E-state index contributed by atoms with van der Waals surface area (Å²) in [4.78, 5) is 0. The second kappa shape index (κ2) is 16.1. The summed E-state index contributed by atoms with van der Waals surface area (Å²) in [6.45, 7) is 6.55. The zero-order chi connectivity index (χ0) is 8.24. The Hall–Kier alpha value is 0.290. The van der Waals surface area contributed by atoms with Crippen molar-refractivity contribution in [2.75, 3.05) is 5.88 Å². The number of hydrogen-bond acceptors (Lipinski definition) is 0. The van der Waals surface area contributed by atoms with E-state index < -0.39 is 0 Å². The summed E-state index contributed by atoms with van der Waals surface area (Å²) in [6.07, 6.45) is 6.44. The molecule has 0 radical (unpaired) electrons. The predicted octanol–water partition coefficient (Wildman–Crippen LogP) is 4.22. The highest BCUT2D eigenvalue weighted by atomic mass is 35.5. The fourth-order valence-corrected chi connectivity index (χ4v) is 0.754. The lowest BCUT2D eigenvalue weighted by Gasteiger charge is -1.79. The number of halogens is 1. The maximum absolute atomic E-state index is 5.30. The molecule has 1 heteroatoms. The Labute approximate surface area is 71.0 Å². The molecule has 0 bridgehead atoms. The molecule has 0 nitrogen and oxygen atoms in total. The highest BCUT2D eigenvalue weighted by Crippen LogP contribution is 1.88. The predicted molar refractivity (Wildman–Crippen MR) is 50.8 cm³/mol. The van der Waals surface area contributed by atoms with E-state index in [-0.39, 0.29) is 0 Å². The first-order chi connectivity index (χ1) is 4.83. The molecule has 0 saturated heterocycles. The Morgan fingerprint density at radius 2 is 1.20 bits per heavy atom. The molecule has 0 aromatic rings. The molecule has 0 aliphatic carbocycles.